The molecule has 1 saturated heterocycles. The topological polar surface area (TPSA) is 89.0 Å². The molecule has 0 aliphatic carbocycles. The maximum atomic E-state index is 13.6. The Morgan fingerprint density at radius 1 is 1.23 bits per heavy atom. The molecule has 2 aliphatic rings. The highest BCUT2D eigenvalue weighted by molar-refractivity contribution is 7.22. The largest absolute Gasteiger partial charge is 0.507 e. The normalized spacial score (nSPS) is 19.8. The fourth-order valence-electron chi connectivity index (χ4n) is 4.99. The summed E-state index contributed by atoms with van der Waals surface area (Å²) >= 11 is 7.43. The Morgan fingerprint density at radius 2 is 2.08 bits per heavy atom. The second kappa shape index (κ2) is 9.87. The lowest BCUT2D eigenvalue weighted by atomic mass is 9.94. The van der Waals surface area contributed by atoms with Crippen molar-refractivity contribution in [3.63, 3.8) is 0 Å². The molecule has 196 valence electrons. The number of anilines is 1. The zero-order valence-electron chi connectivity index (χ0n) is 20.9. The molecular weight excluding hydrogens is 536 g/mol. The lowest BCUT2D eigenvalue weighted by Gasteiger charge is -2.23. The summed E-state index contributed by atoms with van der Waals surface area (Å²) in [6, 6.07) is 16.7. The number of nitrogens with zero attached hydrogens (tertiary/aromatic N) is 2. The third kappa shape index (κ3) is 4.45. The first-order valence-corrected chi connectivity index (χ1v) is 13.5. The van der Waals surface area contributed by atoms with Crippen molar-refractivity contribution in [2.75, 3.05) is 11.5 Å². The Balaban J connectivity index is 1.53. The lowest BCUT2D eigenvalue weighted by Crippen LogP contribution is -2.29. The molecule has 2 unspecified atom stereocenters. The van der Waals surface area contributed by atoms with Gasteiger partial charge >= 0.3 is 5.91 Å². The van der Waals surface area contributed by atoms with Crippen LogP contribution in [0.4, 0.5) is 5.13 Å². The third-order valence-electron chi connectivity index (χ3n) is 6.70. The standard InChI is InChI=1S/C30H23ClN2O5S/c1-3-11-37-21-6-4-5-17(14-21)26-25(27(34)18-7-10-23-19(13-18)12-16(2)38-23)28(35)29(36)33(26)30-32-22-9-8-20(31)15-24(22)39-30/h3-10,13-16,26,34H,1,11-12H2,2H3/b27-25-. The molecule has 2 aliphatic heterocycles. The monoisotopic (exact) mass is 558 g/mol. The molecule has 39 heavy (non-hydrogen) atoms. The molecule has 1 N–H and O–H groups in total. The van der Waals surface area contributed by atoms with Gasteiger partial charge in [-0.3, -0.25) is 14.5 Å². The van der Waals surface area contributed by atoms with Gasteiger partial charge in [0.2, 0.25) is 0 Å². The number of thiazole rings is 1. The number of Topliss-reactive ketones (excluding diaryl/α,β-unsaturated/α-hetero) is 1. The zero-order chi connectivity index (χ0) is 27.3. The van der Waals surface area contributed by atoms with Crippen LogP contribution in [0.1, 0.15) is 29.7 Å². The zero-order valence-corrected chi connectivity index (χ0v) is 22.5. The van der Waals surface area contributed by atoms with Gasteiger partial charge in [-0.25, -0.2) is 4.98 Å². The number of hydrogen-bond acceptors (Lipinski definition) is 7. The molecule has 4 aromatic rings. The number of halogens is 1. The fraction of sp³-hybridized carbons (Fsp3) is 0.167. The molecule has 3 heterocycles. The van der Waals surface area contributed by atoms with Gasteiger partial charge in [0, 0.05) is 17.0 Å². The average Bonchev–Trinajstić information content (AvgIpc) is 3.59. The first kappa shape index (κ1) is 25.2. The fourth-order valence-corrected chi connectivity index (χ4v) is 6.26. The highest BCUT2D eigenvalue weighted by Crippen LogP contribution is 2.45. The van der Waals surface area contributed by atoms with Crippen LogP contribution in [0.15, 0.2) is 78.9 Å². The lowest BCUT2D eigenvalue weighted by molar-refractivity contribution is -0.132. The molecule has 7 nitrogen and oxygen atoms in total. The minimum absolute atomic E-state index is 0.0221. The number of benzene rings is 3. The molecule has 6 rings (SSSR count). The van der Waals surface area contributed by atoms with Gasteiger partial charge in [0.15, 0.2) is 5.13 Å². The van der Waals surface area contributed by atoms with E-state index in [1.54, 1.807) is 60.7 Å². The van der Waals surface area contributed by atoms with E-state index in [9.17, 15) is 14.7 Å². The second-order valence-corrected chi connectivity index (χ2v) is 10.9. The molecule has 0 spiro atoms. The number of ketones is 1. The number of rotatable bonds is 6. The van der Waals surface area contributed by atoms with Gasteiger partial charge in [-0.1, -0.05) is 47.7 Å². The third-order valence-corrected chi connectivity index (χ3v) is 7.95. The second-order valence-electron chi connectivity index (χ2n) is 9.40. The molecule has 2 atom stereocenters. The summed E-state index contributed by atoms with van der Waals surface area (Å²) in [7, 11) is 0. The summed E-state index contributed by atoms with van der Waals surface area (Å²) in [5, 5.41) is 12.4. The molecule has 1 fully saturated rings. The van der Waals surface area contributed by atoms with Crippen molar-refractivity contribution in [2.45, 2.75) is 25.5 Å². The number of carbonyl (C=O) groups excluding carboxylic acids is 2. The van der Waals surface area contributed by atoms with E-state index in [1.807, 2.05) is 13.0 Å². The van der Waals surface area contributed by atoms with Gasteiger partial charge in [-0.2, -0.15) is 0 Å². The van der Waals surface area contributed by atoms with Crippen LogP contribution in [0.5, 0.6) is 11.5 Å². The SMILES string of the molecule is C=CCOc1cccc(C2/C(=C(/O)c3ccc4c(c3)CC(C)O4)C(=O)C(=O)N2c2nc3ccc(Cl)cc3s2)c1. The van der Waals surface area contributed by atoms with Gasteiger partial charge in [0.05, 0.1) is 21.8 Å². The summed E-state index contributed by atoms with van der Waals surface area (Å²) in [6.07, 6.45) is 2.34. The highest BCUT2D eigenvalue weighted by atomic mass is 35.5. The summed E-state index contributed by atoms with van der Waals surface area (Å²) in [6.45, 7) is 5.94. The molecule has 1 amide bonds. The van der Waals surface area contributed by atoms with Gasteiger partial charge in [-0.15, -0.1) is 0 Å². The van der Waals surface area contributed by atoms with E-state index in [0.29, 0.717) is 39.0 Å². The van der Waals surface area contributed by atoms with Crippen LogP contribution in [0.25, 0.3) is 16.0 Å². The number of hydrogen-bond donors (Lipinski definition) is 1. The first-order chi connectivity index (χ1) is 18.8. The maximum absolute atomic E-state index is 13.6. The molecule has 0 saturated carbocycles. The smallest absolute Gasteiger partial charge is 0.301 e. The van der Waals surface area contributed by atoms with Crippen molar-refractivity contribution >= 4 is 55.7 Å². The Bertz CT molecular complexity index is 1690. The molecular formula is C30H23ClN2O5S. The molecule has 0 bridgehead atoms. The van der Waals surface area contributed by atoms with Crippen molar-refractivity contribution in [3.05, 3.63) is 101 Å². The summed E-state index contributed by atoms with van der Waals surface area (Å²) in [5.74, 6) is -0.543. The number of aliphatic hydroxyl groups excluding tert-OH is 1. The van der Waals surface area contributed by atoms with Crippen molar-refractivity contribution in [1.82, 2.24) is 4.98 Å². The van der Waals surface area contributed by atoms with E-state index in [-0.39, 0.29) is 24.0 Å². The van der Waals surface area contributed by atoms with E-state index in [2.05, 4.69) is 11.6 Å². The van der Waals surface area contributed by atoms with E-state index in [0.717, 1.165) is 16.0 Å². The molecule has 9 heteroatoms. The summed E-state index contributed by atoms with van der Waals surface area (Å²) in [5.41, 5.74) is 2.58. The van der Waals surface area contributed by atoms with Gasteiger partial charge < -0.3 is 14.6 Å². The Morgan fingerprint density at radius 3 is 2.90 bits per heavy atom. The van der Waals surface area contributed by atoms with Gasteiger partial charge in [0.25, 0.3) is 5.78 Å². The van der Waals surface area contributed by atoms with E-state index < -0.39 is 17.7 Å². The maximum Gasteiger partial charge on any atom is 0.301 e. The van der Waals surface area contributed by atoms with Crippen LogP contribution >= 0.6 is 22.9 Å². The van der Waals surface area contributed by atoms with Crippen LogP contribution in [-0.4, -0.2) is 34.5 Å². The molecule has 1 aromatic heterocycles. The highest BCUT2D eigenvalue weighted by Gasteiger charge is 2.48. The van der Waals surface area contributed by atoms with Crippen molar-refractivity contribution < 1.29 is 24.2 Å². The summed E-state index contributed by atoms with van der Waals surface area (Å²) < 4.78 is 12.3. The number of fused-ring (bicyclic) bond motifs is 2. The average molecular weight is 559 g/mol. The van der Waals surface area contributed by atoms with Gasteiger partial charge in [-0.05, 0) is 66.6 Å². The number of carbonyl (C=O) groups is 2. The number of aliphatic hydroxyl groups is 1. The Labute approximate surface area is 233 Å². The van der Waals surface area contributed by atoms with Crippen molar-refractivity contribution in [1.29, 1.82) is 0 Å². The van der Waals surface area contributed by atoms with Crippen LogP contribution < -0.4 is 14.4 Å². The Kier molecular flexibility index (Phi) is 6.37. The van der Waals surface area contributed by atoms with E-state index in [1.165, 1.54) is 16.2 Å². The first-order valence-electron chi connectivity index (χ1n) is 12.3. The van der Waals surface area contributed by atoms with Crippen LogP contribution in [0.3, 0.4) is 0 Å². The molecule has 3 aromatic carbocycles. The van der Waals surface area contributed by atoms with E-state index in [4.69, 9.17) is 21.1 Å². The number of aromatic nitrogens is 1. The summed E-state index contributed by atoms with van der Waals surface area (Å²) in [4.78, 5) is 33.1. The number of amides is 1. The van der Waals surface area contributed by atoms with Crippen LogP contribution in [-0.2, 0) is 16.0 Å². The minimum Gasteiger partial charge on any atom is -0.507 e. The van der Waals surface area contributed by atoms with Crippen LogP contribution in [0, 0.1) is 0 Å². The quantitative estimate of drug-likeness (QED) is 0.126. The van der Waals surface area contributed by atoms with Crippen molar-refractivity contribution in [3.8, 4) is 11.5 Å². The van der Waals surface area contributed by atoms with E-state index >= 15 is 0 Å². The van der Waals surface area contributed by atoms with Crippen LogP contribution in [0.2, 0.25) is 5.02 Å². The molecule has 0 radical (unpaired) electrons. The van der Waals surface area contributed by atoms with Gasteiger partial charge in [0.1, 0.15) is 30.0 Å². The Hall–Kier alpha value is -4.14. The predicted octanol–water partition coefficient (Wildman–Crippen LogP) is 6.46. The number of ether oxygens (including phenoxy) is 2. The van der Waals surface area contributed by atoms with Crippen molar-refractivity contribution in [2.24, 2.45) is 0 Å². The predicted molar refractivity (Wildman–Crippen MR) is 152 cm³/mol. The minimum atomic E-state index is -0.934.